The van der Waals surface area contributed by atoms with E-state index in [1.54, 1.807) is 4.90 Å². The van der Waals surface area contributed by atoms with Gasteiger partial charge in [-0.05, 0) is 12.3 Å². The minimum absolute atomic E-state index is 0.00168. The number of nitrogens with zero attached hydrogens (tertiary/aromatic N) is 1. The van der Waals surface area contributed by atoms with Crippen molar-refractivity contribution in [3.63, 3.8) is 0 Å². The van der Waals surface area contributed by atoms with Crippen molar-refractivity contribution in [3.8, 4) is 0 Å². The van der Waals surface area contributed by atoms with Gasteiger partial charge in [0.2, 0.25) is 11.8 Å². The molecule has 8 heteroatoms. The standard InChI is InChI=1S/C12H21N3O4S/c16-11(7-10-1-6-20(18,19)9-10)14-8-12(17)15-4-2-13-3-5-15/h10,13H,1-9H2,(H,14,16). The van der Waals surface area contributed by atoms with Crippen LogP contribution in [-0.4, -0.2) is 69.4 Å². The van der Waals surface area contributed by atoms with Gasteiger partial charge in [0.1, 0.15) is 0 Å². The zero-order valence-corrected chi connectivity index (χ0v) is 12.2. The topological polar surface area (TPSA) is 95.6 Å². The van der Waals surface area contributed by atoms with Gasteiger partial charge >= 0.3 is 0 Å². The average molecular weight is 303 g/mol. The number of carbonyl (C=O) groups excluding carboxylic acids is 2. The van der Waals surface area contributed by atoms with Crippen molar-refractivity contribution < 1.29 is 18.0 Å². The van der Waals surface area contributed by atoms with Crippen LogP contribution in [-0.2, 0) is 19.4 Å². The average Bonchev–Trinajstić information content (AvgIpc) is 2.76. The molecule has 1 unspecified atom stereocenters. The molecule has 2 saturated heterocycles. The SMILES string of the molecule is O=C(CC1CCS(=O)(=O)C1)NCC(=O)N1CCNCC1. The van der Waals surface area contributed by atoms with Crippen molar-refractivity contribution in [3.05, 3.63) is 0 Å². The normalized spacial score (nSPS) is 25.4. The van der Waals surface area contributed by atoms with Gasteiger partial charge in [-0.3, -0.25) is 9.59 Å². The third kappa shape index (κ3) is 4.45. The number of hydrogen-bond donors (Lipinski definition) is 2. The number of nitrogens with one attached hydrogen (secondary N) is 2. The Labute approximate surface area is 119 Å². The molecule has 2 aliphatic rings. The van der Waals surface area contributed by atoms with E-state index >= 15 is 0 Å². The van der Waals surface area contributed by atoms with Crippen molar-refractivity contribution in [2.75, 3.05) is 44.2 Å². The Morgan fingerprint density at radius 2 is 1.95 bits per heavy atom. The predicted octanol–water partition coefficient (Wildman–Crippen LogP) is -1.64. The number of rotatable bonds is 4. The van der Waals surface area contributed by atoms with E-state index in [9.17, 15) is 18.0 Å². The van der Waals surface area contributed by atoms with Crippen LogP contribution in [0.4, 0.5) is 0 Å². The van der Waals surface area contributed by atoms with Gasteiger partial charge in [0.25, 0.3) is 0 Å². The molecule has 0 aromatic heterocycles. The molecular weight excluding hydrogens is 282 g/mol. The van der Waals surface area contributed by atoms with Crippen molar-refractivity contribution in [2.45, 2.75) is 12.8 Å². The van der Waals surface area contributed by atoms with Gasteiger partial charge in [-0.1, -0.05) is 0 Å². The maximum absolute atomic E-state index is 11.8. The summed E-state index contributed by atoms with van der Waals surface area (Å²) >= 11 is 0. The smallest absolute Gasteiger partial charge is 0.242 e. The second-order valence-electron chi connectivity index (χ2n) is 5.38. The zero-order valence-electron chi connectivity index (χ0n) is 11.4. The van der Waals surface area contributed by atoms with Crippen LogP contribution in [0.25, 0.3) is 0 Å². The minimum Gasteiger partial charge on any atom is -0.347 e. The monoisotopic (exact) mass is 303 g/mol. The molecule has 2 amide bonds. The second-order valence-corrected chi connectivity index (χ2v) is 7.61. The summed E-state index contributed by atoms with van der Waals surface area (Å²) < 4.78 is 22.6. The van der Waals surface area contributed by atoms with Crippen LogP contribution in [0.3, 0.4) is 0 Å². The highest BCUT2D eigenvalue weighted by atomic mass is 32.2. The molecule has 0 aromatic carbocycles. The molecule has 0 radical (unpaired) electrons. The summed E-state index contributed by atoms with van der Waals surface area (Å²) in [6.45, 7) is 2.88. The number of piperazine rings is 1. The molecule has 0 bridgehead atoms. The van der Waals surface area contributed by atoms with E-state index in [0.717, 1.165) is 13.1 Å². The van der Waals surface area contributed by atoms with Crippen LogP contribution in [0.2, 0.25) is 0 Å². The molecule has 2 heterocycles. The Balaban J connectivity index is 1.68. The summed E-state index contributed by atoms with van der Waals surface area (Å²) in [7, 11) is -2.95. The number of amides is 2. The van der Waals surface area contributed by atoms with Crippen LogP contribution in [0, 0.1) is 5.92 Å². The molecule has 0 spiro atoms. The minimum atomic E-state index is -2.95. The summed E-state index contributed by atoms with van der Waals surface area (Å²) in [5, 5.41) is 5.74. The first-order valence-electron chi connectivity index (χ1n) is 6.92. The predicted molar refractivity (Wildman–Crippen MR) is 73.8 cm³/mol. The van der Waals surface area contributed by atoms with Crippen molar-refractivity contribution in [1.29, 1.82) is 0 Å². The van der Waals surface area contributed by atoms with E-state index in [0.29, 0.717) is 19.5 Å². The van der Waals surface area contributed by atoms with Crippen LogP contribution in [0.5, 0.6) is 0 Å². The molecule has 0 aliphatic carbocycles. The largest absolute Gasteiger partial charge is 0.347 e. The molecule has 7 nitrogen and oxygen atoms in total. The summed E-state index contributed by atoms with van der Waals surface area (Å²) in [4.78, 5) is 25.3. The first kappa shape index (κ1) is 15.2. The van der Waals surface area contributed by atoms with E-state index in [2.05, 4.69) is 10.6 Å². The lowest BCUT2D eigenvalue weighted by Crippen LogP contribution is -2.49. The molecule has 2 N–H and O–H groups in total. The van der Waals surface area contributed by atoms with Gasteiger partial charge in [0.05, 0.1) is 18.1 Å². The molecule has 114 valence electrons. The number of sulfone groups is 1. The highest BCUT2D eigenvalue weighted by molar-refractivity contribution is 7.91. The van der Waals surface area contributed by atoms with Crippen molar-refractivity contribution >= 4 is 21.7 Å². The first-order valence-corrected chi connectivity index (χ1v) is 8.74. The van der Waals surface area contributed by atoms with Gasteiger partial charge in [-0.25, -0.2) is 8.42 Å². The van der Waals surface area contributed by atoms with Crippen LogP contribution in [0.15, 0.2) is 0 Å². The van der Waals surface area contributed by atoms with Crippen molar-refractivity contribution in [1.82, 2.24) is 15.5 Å². The lowest BCUT2D eigenvalue weighted by Gasteiger charge is -2.27. The lowest BCUT2D eigenvalue weighted by atomic mass is 10.1. The molecule has 1 atom stereocenters. The van der Waals surface area contributed by atoms with Crippen LogP contribution >= 0.6 is 0 Å². The molecule has 2 rings (SSSR count). The number of carbonyl (C=O) groups is 2. The maximum atomic E-state index is 11.8. The van der Waals surface area contributed by atoms with Crippen molar-refractivity contribution in [2.24, 2.45) is 5.92 Å². The van der Waals surface area contributed by atoms with Gasteiger partial charge < -0.3 is 15.5 Å². The molecular formula is C12H21N3O4S. The van der Waals surface area contributed by atoms with E-state index in [1.807, 2.05) is 0 Å². The van der Waals surface area contributed by atoms with E-state index in [4.69, 9.17) is 0 Å². The van der Waals surface area contributed by atoms with Gasteiger partial charge in [0.15, 0.2) is 9.84 Å². The Morgan fingerprint density at radius 3 is 2.55 bits per heavy atom. The van der Waals surface area contributed by atoms with Crippen LogP contribution < -0.4 is 10.6 Å². The van der Waals surface area contributed by atoms with E-state index in [-0.39, 0.29) is 42.2 Å². The molecule has 2 fully saturated rings. The molecule has 20 heavy (non-hydrogen) atoms. The summed E-state index contributed by atoms with van der Waals surface area (Å²) in [5.74, 6) is -0.166. The highest BCUT2D eigenvalue weighted by Gasteiger charge is 2.29. The molecule has 0 saturated carbocycles. The Bertz CT molecular complexity index is 471. The summed E-state index contributed by atoms with van der Waals surface area (Å²) in [6.07, 6.45) is 0.732. The Morgan fingerprint density at radius 1 is 1.25 bits per heavy atom. The summed E-state index contributed by atoms with van der Waals surface area (Å²) in [6, 6.07) is 0. The maximum Gasteiger partial charge on any atom is 0.242 e. The fourth-order valence-electron chi connectivity index (χ4n) is 2.57. The quantitative estimate of drug-likeness (QED) is 0.649. The number of hydrogen-bond acceptors (Lipinski definition) is 5. The fraction of sp³-hybridized carbons (Fsp3) is 0.833. The van der Waals surface area contributed by atoms with E-state index in [1.165, 1.54) is 0 Å². The first-order chi connectivity index (χ1) is 9.46. The lowest BCUT2D eigenvalue weighted by molar-refractivity contribution is -0.133. The van der Waals surface area contributed by atoms with Gasteiger partial charge in [-0.15, -0.1) is 0 Å². The highest BCUT2D eigenvalue weighted by Crippen LogP contribution is 2.21. The Kier molecular flexibility index (Phi) is 4.98. The van der Waals surface area contributed by atoms with Gasteiger partial charge in [-0.2, -0.15) is 0 Å². The second kappa shape index (κ2) is 6.53. The third-order valence-electron chi connectivity index (χ3n) is 3.71. The third-order valence-corrected chi connectivity index (χ3v) is 5.54. The summed E-state index contributed by atoms with van der Waals surface area (Å²) in [5.41, 5.74) is 0. The zero-order chi connectivity index (χ0) is 14.6. The Hall–Kier alpha value is -1.15. The molecule has 2 aliphatic heterocycles. The van der Waals surface area contributed by atoms with Gasteiger partial charge in [0, 0.05) is 32.6 Å². The fourth-order valence-corrected chi connectivity index (χ4v) is 4.43. The van der Waals surface area contributed by atoms with Crippen LogP contribution in [0.1, 0.15) is 12.8 Å². The molecule has 0 aromatic rings. The van der Waals surface area contributed by atoms with E-state index < -0.39 is 9.84 Å².